The minimum Gasteiger partial charge on any atom is -0.484 e. The summed E-state index contributed by atoms with van der Waals surface area (Å²) in [4.78, 5) is 11.8. The normalized spacial score (nSPS) is 10.2. The van der Waals surface area contributed by atoms with Crippen LogP contribution in [-0.4, -0.2) is 12.5 Å². The second-order valence-electron chi connectivity index (χ2n) is 3.91. The number of carbonyl (C=O) groups excluding carboxylic acids is 1. The van der Waals surface area contributed by atoms with Crippen LogP contribution in [0.5, 0.6) is 5.75 Å². The lowest BCUT2D eigenvalue weighted by Crippen LogP contribution is -2.20. The van der Waals surface area contributed by atoms with Gasteiger partial charge >= 0.3 is 0 Å². The van der Waals surface area contributed by atoms with Crippen molar-refractivity contribution in [1.29, 1.82) is 0 Å². The number of amides is 1. The van der Waals surface area contributed by atoms with Gasteiger partial charge in [-0.15, -0.1) is 0 Å². The maximum absolute atomic E-state index is 11.8. The molecule has 104 valence electrons. The van der Waals surface area contributed by atoms with E-state index in [4.69, 9.17) is 27.9 Å². The predicted octanol–water partition coefficient (Wildman–Crippen LogP) is 4.77. The van der Waals surface area contributed by atoms with Crippen LogP contribution in [0.2, 0.25) is 10.0 Å². The SMILES string of the molecule is O=C(COc1ccc(Br)cc1)Nc1cc(Cl)ccc1Cl. The molecule has 0 saturated carbocycles. The van der Waals surface area contributed by atoms with Crippen molar-refractivity contribution in [2.75, 3.05) is 11.9 Å². The van der Waals surface area contributed by atoms with Gasteiger partial charge in [0.1, 0.15) is 5.75 Å². The topological polar surface area (TPSA) is 38.3 Å². The highest BCUT2D eigenvalue weighted by atomic mass is 79.9. The molecule has 1 N–H and O–H groups in total. The van der Waals surface area contributed by atoms with Crippen LogP contribution in [0.3, 0.4) is 0 Å². The third-order valence-corrected chi connectivity index (χ3v) is 3.48. The zero-order chi connectivity index (χ0) is 14.5. The van der Waals surface area contributed by atoms with Crippen LogP contribution in [0.25, 0.3) is 0 Å². The molecular weight excluding hydrogens is 365 g/mol. The van der Waals surface area contributed by atoms with Crippen molar-refractivity contribution < 1.29 is 9.53 Å². The van der Waals surface area contributed by atoms with E-state index in [9.17, 15) is 4.79 Å². The number of anilines is 1. The Morgan fingerprint density at radius 2 is 1.85 bits per heavy atom. The summed E-state index contributed by atoms with van der Waals surface area (Å²) in [5.41, 5.74) is 0.462. The van der Waals surface area contributed by atoms with Crippen molar-refractivity contribution >= 4 is 50.7 Å². The molecule has 0 fully saturated rings. The number of rotatable bonds is 4. The predicted molar refractivity (Wildman–Crippen MR) is 84.7 cm³/mol. The van der Waals surface area contributed by atoms with Gasteiger partial charge in [0, 0.05) is 9.50 Å². The van der Waals surface area contributed by atoms with Gasteiger partial charge in [-0.1, -0.05) is 39.1 Å². The first kappa shape index (κ1) is 15.2. The molecule has 3 nitrogen and oxygen atoms in total. The largest absolute Gasteiger partial charge is 0.484 e. The third-order valence-electron chi connectivity index (χ3n) is 2.39. The number of carbonyl (C=O) groups is 1. The number of halogens is 3. The lowest BCUT2D eigenvalue weighted by molar-refractivity contribution is -0.118. The van der Waals surface area contributed by atoms with Gasteiger partial charge in [0.15, 0.2) is 6.61 Å². The molecule has 2 aromatic rings. The summed E-state index contributed by atoms with van der Waals surface area (Å²) in [6, 6.07) is 12.1. The smallest absolute Gasteiger partial charge is 0.262 e. The highest BCUT2D eigenvalue weighted by molar-refractivity contribution is 9.10. The van der Waals surface area contributed by atoms with Gasteiger partial charge in [-0.3, -0.25) is 4.79 Å². The zero-order valence-electron chi connectivity index (χ0n) is 10.2. The molecule has 0 radical (unpaired) electrons. The van der Waals surface area contributed by atoms with E-state index in [0.717, 1.165) is 4.47 Å². The summed E-state index contributed by atoms with van der Waals surface area (Å²) in [6.45, 7) is -0.107. The second-order valence-corrected chi connectivity index (χ2v) is 5.67. The number of ether oxygens (including phenoxy) is 1. The molecule has 0 aromatic heterocycles. The van der Waals surface area contributed by atoms with Crippen LogP contribution in [0, 0.1) is 0 Å². The Kier molecular flexibility index (Phi) is 5.29. The van der Waals surface area contributed by atoms with Crippen molar-refractivity contribution in [2.24, 2.45) is 0 Å². The van der Waals surface area contributed by atoms with Gasteiger partial charge in [0.05, 0.1) is 10.7 Å². The van der Waals surface area contributed by atoms with Gasteiger partial charge in [0.25, 0.3) is 5.91 Å². The van der Waals surface area contributed by atoms with Gasteiger partial charge in [-0.2, -0.15) is 0 Å². The molecule has 0 aliphatic carbocycles. The summed E-state index contributed by atoms with van der Waals surface area (Å²) >= 11 is 15.1. The van der Waals surface area contributed by atoms with Crippen molar-refractivity contribution in [3.05, 3.63) is 57.0 Å². The van der Waals surface area contributed by atoms with E-state index >= 15 is 0 Å². The van der Waals surface area contributed by atoms with E-state index in [0.29, 0.717) is 21.5 Å². The van der Waals surface area contributed by atoms with Crippen LogP contribution in [0.1, 0.15) is 0 Å². The van der Waals surface area contributed by atoms with E-state index in [1.807, 2.05) is 12.1 Å². The molecule has 20 heavy (non-hydrogen) atoms. The van der Waals surface area contributed by atoms with Crippen molar-refractivity contribution in [1.82, 2.24) is 0 Å². The summed E-state index contributed by atoms with van der Waals surface area (Å²) < 4.78 is 6.30. The highest BCUT2D eigenvalue weighted by Crippen LogP contribution is 2.25. The van der Waals surface area contributed by atoms with Crippen molar-refractivity contribution in [3.63, 3.8) is 0 Å². The Bertz CT molecular complexity index is 617. The molecule has 2 rings (SSSR count). The van der Waals surface area contributed by atoms with Crippen LogP contribution in [0.15, 0.2) is 46.9 Å². The molecule has 0 unspecified atom stereocenters. The lowest BCUT2D eigenvalue weighted by atomic mass is 10.3. The molecule has 0 heterocycles. The lowest BCUT2D eigenvalue weighted by Gasteiger charge is -2.09. The van der Waals surface area contributed by atoms with Crippen LogP contribution in [-0.2, 0) is 4.79 Å². The fourth-order valence-electron chi connectivity index (χ4n) is 1.46. The molecule has 6 heteroatoms. The molecular formula is C14H10BrCl2NO2. The maximum atomic E-state index is 11.8. The molecule has 1 amide bonds. The monoisotopic (exact) mass is 373 g/mol. The first-order valence-corrected chi connectivity index (χ1v) is 7.23. The average molecular weight is 375 g/mol. The van der Waals surface area contributed by atoms with E-state index in [2.05, 4.69) is 21.2 Å². The maximum Gasteiger partial charge on any atom is 0.262 e. The molecule has 0 aliphatic heterocycles. The minimum absolute atomic E-state index is 0.107. The zero-order valence-corrected chi connectivity index (χ0v) is 13.3. The Morgan fingerprint density at radius 3 is 2.55 bits per heavy atom. The van der Waals surface area contributed by atoms with Crippen LogP contribution >= 0.6 is 39.1 Å². The Hall–Kier alpha value is -1.23. The van der Waals surface area contributed by atoms with Crippen LogP contribution < -0.4 is 10.1 Å². The molecule has 0 bridgehead atoms. The second kappa shape index (κ2) is 6.97. The van der Waals surface area contributed by atoms with E-state index in [1.165, 1.54) is 0 Å². The first-order chi connectivity index (χ1) is 9.54. The average Bonchev–Trinajstić information content (AvgIpc) is 2.42. The number of hydrogen-bond acceptors (Lipinski definition) is 2. The van der Waals surface area contributed by atoms with Crippen molar-refractivity contribution in [3.8, 4) is 5.75 Å². The van der Waals surface area contributed by atoms with E-state index in [-0.39, 0.29) is 12.5 Å². The number of benzene rings is 2. The Labute approximate surface area is 135 Å². The highest BCUT2D eigenvalue weighted by Gasteiger charge is 2.07. The van der Waals surface area contributed by atoms with Gasteiger partial charge in [0.2, 0.25) is 0 Å². The molecule has 0 saturated heterocycles. The third kappa shape index (κ3) is 4.40. The summed E-state index contributed by atoms with van der Waals surface area (Å²) in [6.07, 6.45) is 0. The molecule has 0 atom stereocenters. The first-order valence-electron chi connectivity index (χ1n) is 5.68. The molecule has 0 spiro atoms. The number of hydrogen-bond donors (Lipinski definition) is 1. The molecule has 2 aromatic carbocycles. The quantitative estimate of drug-likeness (QED) is 0.836. The van der Waals surface area contributed by atoms with E-state index < -0.39 is 0 Å². The van der Waals surface area contributed by atoms with Gasteiger partial charge < -0.3 is 10.1 Å². The van der Waals surface area contributed by atoms with Gasteiger partial charge in [-0.05, 0) is 42.5 Å². The summed E-state index contributed by atoms with van der Waals surface area (Å²) in [7, 11) is 0. The Balaban J connectivity index is 1.92. The number of nitrogens with one attached hydrogen (secondary N) is 1. The summed E-state index contributed by atoms with van der Waals surface area (Å²) in [5.74, 6) is 0.303. The van der Waals surface area contributed by atoms with Crippen molar-refractivity contribution in [2.45, 2.75) is 0 Å². The van der Waals surface area contributed by atoms with E-state index in [1.54, 1.807) is 30.3 Å². The standard InChI is InChI=1S/C14H10BrCl2NO2/c15-9-1-4-11(5-2-9)20-8-14(19)18-13-7-10(16)3-6-12(13)17/h1-7H,8H2,(H,18,19). The summed E-state index contributed by atoms with van der Waals surface area (Å²) in [5, 5.41) is 3.56. The fraction of sp³-hybridized carbons (Fsp3) is 0.0714. The van der Waals surface area contributed by atoms with Gasteiger partial charge in [-0.25, -0.2) is 0 Å². The molecule has 0 aliphatic rings. The fourth-order valence-corrected chi connectivity index (χ4v) is 2.06. The Morgan fingerprint density at radius 1 is 1.15 bits per heavy atom. The minimum atomic E-state index is -0.308. The van der Waals surface area contributed by atoms with Crippen LogP contribution in [0.4, 0.5) is 5.69 Å².